The molecule has 0 atom stereocenters. The number of para-hydroxylation sites is 1. The van der Waals surface area contributed by atoms with Gasteiger partial charge >= 0.3 is 0 Å². The van der Waals surface area contributed by atoms with Crippen LogP contribution in [0.25, 0.3) is 10.9 Å². The van der Waals surface area contributed by atoms with E-state index in [1.54, 1.807) is 6.20 Å². The van der Waals surface area contributed by atoms with E-state index >= 15 is 0 Å². The molecule has 3 rings (SSSR count). The van der Waals surface area contributed by atoms with E-state index in [4.69, 9.17) is 0 Å². The van der Waals surface area contributed by atoms with E-state index in [2.05, 4.69) is 42.2 Å². The Morgan fingerprint density at radius 2 is 1.90 bits per heavy atom. The summed E-state index contributed by atoms with van der Waals surface area (Å²) >= 11 is 6.77. The largest absolute Gasteiger partial charge is 0.506 e. The van der Waals surface area contributed by atoms with Gasteiger partial charge in [-0.15, -0.1) is 0 Å². The number of aromatic hydroxyl groups is 1. The van der Waals surface area contributed by atoms with Crippen LogP contribution >= 0.6 is 31.9 Å². The van der Waals surface area contributed by atoms with Gasteiger partial charge in [-0.05, 0) is 40.2 Å². The third-order valence-corrected chi connectivity index (χ3v) is 4.27. The lowest BCUT2D eigenvalue weighted by atomic mass is 10.1. The zero-order valence-electron chi connectivity index (χ0n) is 11.0. The van der Waals surface area contributed by atoms with Crippen molar-refractivity contribution in [3.8, 4) is 5.75 Å². The minimum atomic E-state index is 0.249. The first-order valence-electron chi connectivity index (χ1n) is 6.39. The maximum absolute atomic E-state index is 10.1. The Kier molecular flexibility index (Phi) is 4.12. The van der Waals surface area contributed by atoms with Crippen LogP contribution in [0.3, 0.4) is 0 Å². The van der Waals surface area contributed by atoms with Crippen molar-refractivity contribution in [3.63, 3.8) is 0 Å². The van der Waals surface area contributed by atoms with Crippen molar-refractivity contribution >= 4 is 48.5 Å². The summed E-state index contributed by atoms with van der Waals surface area (Å²) in [7, 11) is 0. The quantitative estimate of drug-likeness (QED) is 0.636. The Balaban J connectivity index is 1.91. The number of nitrogens with zero attached hydrogens (tertiary/aromatic N) is 1. The van der Waals surface area contributed by atoms with E-state index < -0.39 is 0 Å². The van der Waals surface area contributed by atoms with Crippen molar-refractivity contribution in [1.29, 1.82) is 0 Å². The van der Waals surface area contributed by atoms with Gasteiger partial charge in [-0.2, -0.15) is 0 Å². The van der Waals surface area contributed by atoms with Crippen LogP contribution < -0.4 is 5.32 Å². The molecule has 0 radical (unpaired) electrons. The summed E-state index contributed by atoms with van der Waals surface area (Å²) in [5.74, 6) is 0.249. The molecule has 0 aliphatic heterocycles. The third kappa shape index (κ3) is 3.04. The lowest BCUT2D eigenvalue weighted by molar-refractivity contribution is 0.465. The van der Waals surface area contributed by atoms with E-state index in [1.807, 2.05) is 42.5 Å². The smallest absolute Gasteiger partial charge is 0.134 e. The fraction of sp³-hybridized carbons (Fsp3) is 0.0625. The average Bonchev–Trinajstić information content (AvgIpc) is 2.49. The van der Waals surface area contributed by atoms with Crippen molar-refractivity contribution in [1.82, 2.24) is 4.98 Å². The zero-order chi connectivity index (χ0) is 14.8. The summed E-state index contributed by atoms with van der Waals surface area (Å²) in [4.78, 5) is 4.41. The number of phenolic OH excluding ortho intramolecular Hbond substituents is 1. The molecule has 5 heteroatoms. The topological polar surface area (TPSA) is 45.1 Å². The Labute approximate surface area is 139 Å². The highest BCUT2D eigenvalue weighted by Gasteiger charge is 2.08. The number of nitrogens with one attached hydrogen (secondary N) is 1. The standard InChI is InChI=1S/C16H12Br2N2O/c17-12-7-11(16(21)13(18)8-12)9-20-14-5-1-3-10-4-2-6-19-15(10)14/h1-8,20-21H,9H2. The first-order chi connectivity index (χ1) is 10.1. The van der Waals surface area contributed by atoms with E-state index in [1.165, 1.54) is 0 Å². The number of phenols is 1. The molecule has 3 nitrogen and oxygen atoms in total. The van der Waals surface area contributed by atoms with Crippen LogP contribution in [-0.4, -0.2) is 10.1 Å². The second-order valence-corrected chi connectivity index (χ2v) is 6.40. The lowest BCUT2D eigenvalue weighted by Crippen LogP contribution is -2.01. The van der Waals surface area contributed by atoms with Gasteiger partial charge in [0, 0.05) is 28.2 Å². The van der Waals surface area contributed by atoms with Crippen LogP contribution in [-0.2, 0) is 6.54 Å². The summed E-state index contributed by atoms with van der Waals surface area (Å²) in [6.45, 7) is 0.513. The first-order valence-corrected chi connectivity index (χ1v) is 7.98. The summed E-state index contributed by atoms with van der Waals surface area (Å²) in [6, 6.07) is 13.7. The molecule has 0 saturated heterocycles. The van der Waals surface area contributed by atoms with Gasteiger partial charge in [0.05, 0.1) is 15.7 Å². The van der Waals surface area contributed by atoms with Gasteiger partial charge in [0.1, 0.15) is 5.75 Å². The summed E-state index contributed by atoms with van der Waals surface area (Å²) < 4.78 is 1.59. The normalized spacial score (nSPS) is 10.8. The number of hydrogen-bond acceptors (Lipinski definition) is 3. The molecule has 21 heavy (non-hydrogen) atoms. The Morgan fingerprint density at radius 1 is 1.10 bits per heavy atom. The molecule has 0 aliphatic carbocycles. The van der Waals surface area contributed by atoms with Crippen LogP contribution in [0, 0.1) is 0 Å². The highest BCUT2D eigenvalue weighted by Crippen LogP contribution is 2.32. The molecule has 0 amide bonds. The van der Waals surface area contributed by atoms with Crippen LogP contribution in [0.2, 0.25) is 0 Å². The number of hydrogen-bond donors (Lipinski definition) is 2. The maximum atomic E-state index is 10.1. The fourth-order valence-corrected chi connectivity index (χ4v) is 3.51. The van der Waals surface area contributed by atoms with Gasteiger partial charge in [0.25, 0.3) is 0 Å². The molecule has 0 fully saturated rings. The van der Waals surface area contributed by atoms with Crippen molar-refractivity contribution in [2.24, 2.45) is 0 Å². The molecular formula is C16H12Br2N2O. The fourth-order valence-electron chi connectivity index (χ4n) is 2.19. The maximum Gasteiger partial charge on any atom is 0.134 e. The molecule has 3 aromatic rings. The SMILES string of the molecule is Oc1c(Br)cc(Br)cc1CNc1cccc2cccnc12. The molecule has 106 valence electrons. The number of halogens is 2. The van der Waals surface area contributed by atoms with E-state index in [0.717, 1.165) is 26.6 Å². The van der Waals surface area contributed by atoms with Crippen LogP contribution in [0.5, 0.6) is 5.75 Å². The van der Waals surface area contributed by atoms with Gasteiger partial charge in [0.15, 0.2) is 0 Å². The first kappa shape index (κ1) is 14.4. The Hall–Kier alpha value is -1.59. The van der Waals surface area contributed by atoms with Crippen molar-refractivity contribution in [2.45, 2.75) is 6.54 Å². The van der Waals surface area contributed by atoms with Crippen LogP contribution in [0.1, 0.15) is 5.56 Å². The van der Waals surface area contributed by atoms with Crippen molar-refractivity contribution in [2.75, 3.05) is 5.32 Å². The molecule has 0 aliphatic rings. The number of aromatic nitrogens is 1. The van der Waals surface area contributed by atoms with Crippen LogP contribution in [0.15, 0.2) is 57.6 Å². The van der Waals surface area contributed by atoms with Crippen molar-refractivity contribution in [3.05, 3.63) is 63.2 Å². The monoisotopic (exact) mass is 406 g/mol. The van der Waals surface area contributed by atoms with Gasteiger partial charge in [-0.25, -0.2) is 0 Å². The second-order valence-electron chi connectivity index (χ2n) is 4.63. The second kappa shape index (κ2) is 6.03. The number of fused-ring (bicyclic) bond motifs is 1. The molecule has 2 aromatic carbocycles. The molecule has 1 aromatic heterocycles. The number of anilines is 1. The molecule has 0 unspecified atom stereocenters. The molecular weight excluding hydrogens is 396 g/mol. The third-order valence-electron chi connectivity index (χ3n) is 3.21. The Morgan fingerprint density at radius 3 is 2.76 bits per heavy atom. The van der Waals surface area contributed by atoms with E-state index in [9.17, 15) is 5.11 Å². The van der Waals surface area contributed by atoms with E-state index in [0.29, 0.717) is 11.0 Å². The van der Waals surface area contributed by atoms with Gasteiger partial charge in [0.2, 0.25) is 0 Å². The minimum Gasteiger partial charge on any atom is -0.506 e. The molecule has 0 spiro atoms. The highest BCUT2D eigenvalue weighted by molar-refractivity contribution is 9.11. The molecule has 0 bridgehead atoms. The highest BCUT2D eigenvalue weighted by atomic mass is 79.9. The van der Waals surface area contributed by atoms with Gasteiger partial charge in [-0.1, -0.05) is 34.1 Å². The number of benzene rings is 2. The predicted molar refractivity (Wildman–Crippen MR) is 92.6 cm³/mol. The lowest BCUT2D eigenvalue weighted by Gasteiger charge is -2.11. The molecule has 1 heterocycles. The molecule has 0 saturated carbocycles. The molecule has 2 N–H and O–H groups in total. The van der Waals surface area contributed by atoms with E-state index in [-0.39, 0.29) is 5.75 Å². The average molecular weight is 408 g/mol. The van der Waals surface area contributed by atoms with Gasteiger partial charge < -0.3 is 10.4 Å². The minimum absolute atomic E-state index is 0.249. The van der Waals surface area contributed by atoms with Crippen molar-refractivity contribution < 1.29 is 5.11 Å². The number of pyridine rings is 1. The Bertz CT molecular complexity index is 800. The summed E-state index contributed by atoms with van der Waals surface area (Å²) in [5, 5.41) is 14.5. The van der Waals surface area contributed by atoms with Crippen LogP contribution in [0.4, 0.5) is 5.69 Å². The van der Waals surface area contributed by atoms with Gasteiger partial charge in [-0.3, -0.25) is 4.98 Å². The zero-order valence-corrected chi connectivity index (χ0v) is 14.1. The number of rotatable bonds is 3. The summed E-state index contributed by atoms with van der Waals surface area (Å²) in [6.07, 6.45) is 1.78. The summed E-state index contributed by atoms with van der Waals surface area (Å²) in [5.41, 5.74) is 2.68. The predicted octanol–water partition coefficient (Wildman–Crippen LogP) is 5.08.